The molecule has 0 bridgehead atoms. The standard InChI is InChI=1S/C14H23N3O4S/c1-4-5-6-17(14(20)21)8-10(18)11-7-15-13(22-11)16-12(19)9(2)3/h7,9-10,18H,4-6,8H2,1-3H3,(H,20,21)(H,15,16,19)/t10-/m0/s1. The van der Waals surface area contributed by atoms with Crippen molar-refractivity contribution in [1.82, 2.24) is 9.88 Å². The highest BCUT2D eigenvalue weighted by molar-refractivity contribution is 7.15. The molecule has 124 valence electrons. The van der Waals surface area contributed by atoms with Gasteiger partial charge in [-0.2, -0.15) is 0 Å². The number of thiazole rings is 1. The molecule has 1 aromatic heterocycles. The lowest BCUT2D eigenvalue weighted by atomic mass is 10.2. The normalized spacial score (nSPS) is 12.2. The van der Waals surface area contributed by atoms with Gasteiger partial charge in [0, 0.05) is 18.7 Å². The number of aromatic nitrogens is 1. The molecular weight excluding hydrogens is 306 g/mol. The van der Waals surface area contributed by atoms with E-state index in [0.29, 0.717) is 16.6 Å². The van der Waals surface area contributed by atoms with Crippen LogP contribution in [0.2, 0.25) is 0 Å². The summed E-state index contributed by atoms with van der Waals surface area (Å²) in [5.74, 6) is -0.306. The molecule has 0 aliphatic rings. The maximum Gasteiger partial charge on any atom is 0.407 e. The van der Waals surface area contributed by atoms with E-state index in [0.717, 1.165) is 24.2 Å². The van der Waals surface area contributed by atoms with Crippen LogP contribution >= 0.6 is 11.3 Å². The number of carbonyl (C=O) groups excluding carboxylic acids is 1. The number of rotatable bonds is 8. The number of carboxylic acid groups (broad SMARTS) is 1. The third-order valence-electron chi connectivity index (χ3n) is 3.05. The van der Waals surface area contributed by atoms with E-state index >= 15 is 0 Å². The van der Waals surface area contributed by atoms with Crippen molar-refractivity contribution >= 4 is 28.5 Å². The Kier molecular flexibility index (Phi) is 7.26. The van der Waals surface area contributed by atoms with Crippen LogP contribution in [0, 0.1) is 5.92 Å². The van der Waals surface area contributed by atoms with Crippen molar-refractivity contribution < 1.29 is 19.8 Å². The number of anilines is 1. The Hall–Kier alpha value is -1.67. The molecule has 22 heavy (non-hydrogen) atoms. The van der Waals surface area contributed by atoms with Crippen LogP contribution in [0.3, 0.4) is 0 Å². The van der Waals surface area contributed by atoms with Gasteiger partial charge in [0.15, 0.2) is 5.13 Å². The molecule has 1 rings (SSSR count). The molecule has 0 saturated heterocycles. The fourth-order valence-electron chi connectivity index (χ4n) is 1.66. The number of hydrogen-bond donors (Lipinski definition) is 3. The van der Waals surface area contributed by atoms with Gasteiger partial charge in [-0.3, -0.25) is 4.79 Å². The summed E-state index contributed by atoms with van der Waals surface area (Å²) in [5, 5.41) is 22.3. The Morgan fingerprint density at radius 1 is 1.45 bits per heavy atom. The van der Waals surface area contributed by atoms with E-state index in [4.69, 9.17) is 5.11 Å². The smallest absolute Gasteiger partial charge is 0.407 e. The number of nitrogens with one attached hydrogen (secondary N) is 1. The number of aliphatic hydroxyl groups excluding tert-OH is 1. The first-order chi connectivity index (χ1) is 10.3. The third-order valence-corrected chi connectivity index (χ3v) is 4.07. The minimum atomic E-state index is -1.05. The minimum Gasteiger partial charge on any atom is -0.465 e. The molecule has 0 fully saturated rings. The molecule has 0 spiro atoms. The monoisotopic (exact) mass is 329 g/mol. The average Bonchev–Trinajstić information content (AvgIpc) is 2.91. The zero-order chi connectivity index (χ0) is 16.7. The molecule has 7 nitrogen and oxygen atoms in total. The van der Waals surface area contributed by atoms with Gasteiger partial charge in [-0.1, -0.05) is 38.5 Å². The van der Waals surface area contributed by atoms with Crippen molar-refractivity contribution in [3.63, 3.8) is 0 Å². The summed E-state index contributed by atoms with van der Waals surface area (Å²) in [7, 11) is 0. The fourth-order valence-corrected chi connectivity index (χ4v) is 2.46. The van der Waals surface area contributed by atoms with Crippen LogP contribution in [0.5, 0.6) is 0 Å². The van der Waals surface area contributed by atoms with Crippen LogP contribution in [0.25, 0.3) is 0 Å². The molecule has 0 saturated carbocycles. The first kappa shape index (κ1) is 18.4. The molecular formula is C14H23N3O4S. The van der Waals surface area contributed by atoms with Gasteiger partial charge in [-0.05, 0) is 6.42 Å². The number of nitrogens with zero attached hydrogens (tertiary/aromatic N) is 2. The largest absolute Gasteiger partial charge is 0.465 e. The van der Waals surface area contributed by atoms with Crippen molar-refractivity contribution in [2.45, 2.75) is 39.7 Å². The summed E-state index contributed by atoms with van der Waals surface area (Å²) >= 11 is 1.15. The van der Waals surface area contributed by atoms with E-state index in [2.05, 4.69) is 10.3 Å². The maximum atomic E-state index is 11.6. The lowest BCUT2D eigenvalue weighted by Crippen LogP contribution is -2.34. The Balaban J connectivity index is 2.65. The molecule has 8 heteroatoms. The summed E-state index contributed by atoms with van der Waals surface area (Å²) in [6.45, 7) is 5.91. The number of unbranched alkanes of at least 4 members (excludes halogenated alkanes) is 1. The van der Waals surface area contributed by atoms with Crippen molar-refractivity contribution in [3.8, 4) is 0 Å². The SMILES string of the molecule is CCCCN(C[C@H](O)c1cnc(NC(=O)C(C)C)s1)C(=O)O. The zero-order valence-electron chi connectivity index (χ0n) is 13.1. The van der Waals surface area contributed by atoms with Gasteiger partial charge < -0.3 is 20.4 Å². The van der Waals surface area contributed by atoms with Gasteiger partial charge in [0.1, 0.15) is 6.10 Å². The second-order valence-corrected chi connectivity index (χ2v) is 6.37. The van der Waals surface area contributed by atoms with E-state index in [1.165, 1.54) is 11.1 Å². The van der Waals surface area contributed by atoms with Gasteiger partial charge in [0.05, 0.1) is 11.4 Å². The lowest BCUT2D eigenvalue weighted by Gasteiger charge is -2.21. The van der Waals surface area contributed by atoms with Crippen LogP contribution in [-0.2, 0) is 4.79 Å². The number of carbonyl (C=O) groups is 2. The highest BCUT2D eigenvalue weighted by Crippen LogP contribution is 2.25. The predicted octanol–water partition coefficient (Wildman–Crippen LogP) is 2.55. The van der Waals surface area contributed by atoms with Gasteiger partial charge >= 0.3 is 6.09 Å². The Bertz CT molecular complexity index is 504. The molecule has 0 aromatic carbocycles. The average molecular weight is 329 g/mol. The van der Waals surface area contributed by atoms with Crippen molar-refractivity contribution in [2.75, 3.05) is 18.4 Å². The molecule has 0 radical (unpaired) electrons. The molecule has 2 amide bonds. The van der Waals surface area contributed by atoms with Gasteiger partial charge in [0.2, 0.25) is 5.91 Å². The summed E-state index contributed by atoms with van der Waals surface area (Å²) in [5.41, 5.74) is 0. The van der Waals surface area contributed by atoms with Crippen LogP contribution < -0.4 is 5.32 Å². The molecule has 0 unspecified atom stereocenters. The first-order valence-electron chi connectivity index (χ1n) is 7.27. The van der Waals surface area contributed by atoms with Crippen molar-refractivity contribution in [3.05, 3.63) is 11.1 Å². The Labute approximate surface area is 134 Å². The minimum absolute atomic E-state index is 0.00487. The van der Waals surface area contributed by atoms with Gasteiger partial charge in [-0.15, -0.1) is 0 Å². The van der Waals surface area contributed by atoms with Crippen LogP contribution in [-0.4, -0.2) is 45.2 Å². The second-order valence-electron chi connectivity index (χ2n) is 5.31. The van der Waals surface area contributed by atoms with E-state index < -0.39 is 12.2 Å². The number of aliphatic hydroxyl groups is 1. The summed E-state index contributed by atoms with van der Waals surface area (Å²) in [6, 6.07) is 0. The zero-order valence-corrected chi connectivity index (χ0v) is 13.9. The molecule has 1 aromatic rings. The van der Waals surface area contributed by atoms with E-state index in [1.807, 2.05) is 6.92 Å². The van der Waals surface area contributed by atoms with Crippen LogP contribution in [0.4, 0.5) is 9.93 Å². The summed E-state index contributed by atoms with van der Waals surface area (Å²) in [6.07, 6.45) is 1.09. The molecule has 1 atom stereocenters. The Morgan fingerprint density at radius 3 is 2.68 bits per heavy atom. The molecule has 0 aliphatic carbocycles. The highest BCUT2D eigenvalue weighted by Gasteiger charge is 2.20. The van der Waals surface area contributed by atoms with E-state index in [-0.39, 0.29) is 18.4 Å². The second kappa shape index (κ2) is 8.70. The highest BCUT2D eigenvalue weighted by atomic mass is 32.1. The first-order valence-corrected chi connectivity index (χ1v) is 8.09. The Morgan fingerprint density at radius 2 is 2.14 bits per heavy atom. The summed E-state index contributed by atoms with van der Waals surface area (Å²) in [4.78, 5) is 28.5. The topological polar surface area (TPSA) is 103 Å². The van der Waals surface area contributed by atoms with E-state index in [9.17, 15) is 14.7 Å². The molecule has 3 N–H and O–H groups in total. The van der Waals surface area contributed by atoms with Gasteiger partial charge in [-0.25, -0.2) is 9.78 Å². The lowest BCUT2D eigenvalue weighted by molar-refractivity contribution is -0.118. The number of hydrogen-bond acceptors (Lipinski definition) is 5. The third kappa shape index (κ3) is 5.61. The van der Waals surface area contributed by atoms with Crippen LogP contribution in [0.15, 0.2) is 6.20 Å². The number of amides is 2. The molecule has 1 heterocycles. The maximum absolute atomic E-state index is 11.6. The molecule has 0 aliphatic heterocycles. The predicted molar refractivity (Wildman–Crippen MR) is 85.0 cm³/mol. The van der Waals surface area contributed by atoms with Crippen LogP contribution in [0.1, 0.15) is 44.6 Å². The van der Waals surface area contributed by atoms with Crippen molar-refractivity contribution in [2.24, 2.45) is 5.92 Å². The summed E-state index contributed by atoms with van der Waals surface area (Å²) < 4.78 is 0. The van der Waals surface area contributed by atoms with E-state index in [1.54, 1.807) is 13.8 Å². The van der Waals surface area contributed by atoms with Gasteiger partial charge in [0.25, 0.3) is 0 Å². The fraction of sp³-hybridized carbons (Fsp3) is 0.643. The quantitative estimate of drug-likeness (QED) is 0.680. The van der Waals surface area contributed by atoms with Crippen molar-refractivity contribution in [1.29, 1.82) is 0 Å².